The zero-order chi connectivity index (χ0) is 13.9. The van der Waals surface area contributed by atoms with Crippen molar-refractivity contribution in [2.45, 2.75) is 31.7 Å². The molecular weight excluding hydrogens is 260 g/mol. The normalized spacial score (nSPS) is 16.3. The average Bonchev–Trinajstić information content (AvgIpc) is 2.34. The molecule has 1 amide bonds. The third-order valence-corrected chi connectivity index (χ3v) is 3.63. The van der Waals surface area contributed by atoms with Crippen molar-refractivity contribution < 1.29 is 9.53 Å². The maximum Gasteiger partial charge on any atom is 0.258 e. The molecule has 2 rings (SSSR count). The fourth-order valence-electron chi connectivity index (χ4n) is 2.14. The van der Waals surface area contributed by atoms with Gasteiger partial charge in [-0.3, -0.25) is 4.79 Å². The fraction of sp³-hybridized carbons (Fsp3) is 0.429. The number of hydrogen-bond acceptors (Lipinski definition) is 3. The molecule has 1 fully saturated rings. The number of nitrogens with two attached hydrogens (primary N) is 1. The van der Waals surface area contributed by atoms with Crippen molar-refractivity contribution in [3.8, 4) is 5.75 Å². The summed E-state index contributed by atoms with van der Waals surface area (Å²) >= 11 is 4.94. The largest absolute Gasteiger partial charge is 0.483 e. The van der Waals surface area contributed by atoms with Crippen LogP contribution in [0, 0.1) is 0 Å². The number of ether oxygens (including phenoxy) is 1. The molecule has 3 N–H and O–H groups in total. The predicted molar refractivity (Wildman–Crippen MR) is 78.2 cm³/mol. The molecule has 0 bridgehead atoms. The summed E-state index contributed by atoms with van der Waals surface area (Å²) in [5, 5.41) is 2.98. The molecular formula is C14H18N2O2S. The summed E-state index contributed by atoms with van der Waals surface area (Å²) < 4.78 is 5.50. The highest BCUT2D eigenvalue weighted by Crippen LogP contribution is 2.30. The van der Waals surface area contributed by atoms with Gasteiger partial charge in [-0.15, -0.1) is 0 Å². The number of para-hydroxylation sites is 1. The first kappa shape index (κ1) is 13.8. The zero-order valence-electron chi connectivity index (χ0n) is 10.9. The molecule has 1 aliphatic rings. The van der Waals surface area contributed by atoms with Gasteiger partial charge in [0.2, 0.25) is 0 Å². The number of carbonyl (C=O) groups excluding carboxylic acids is 1. The Balaban J connectivity index is 1.91. The third-order valence-electron chi connectivity index (χ3n) is 3.41. The number of benzene rings is 1. The van der Waals surface area contributed by atoms with Gasteiger partial charge >= 0.3 is 0 Å². The molecule has 1 saturated carbocycles. The van der Waals surface area contributed by atoms with Crippen molar-refractivity contribution in [3.05, 3.63) is 29.8 Å². The van der Waals surface area contributed by atoms with Gasteiger partial charge < -0.3 is 15.8 Å². The Morgan fingerprint density at radius 1 is 1.47 bits per heavy atom. The van der Waals surface area contributed by atoms with Gasteiger partial charge in [0.1, 0.15) is 10.7 Å². The molecule has 0 heterocycles. The van der Waals surface area contributed by atoms with Crippen LogP contribution in [-0.4, -0.2) is 23.0 Å². The summed E-state index contributed by atoms with van der Waals surface area (Å²) in [6.07, 6.45) is 3.23. The highest BCUT2D eigenvalue weighted by molar-refractivity contribution is 7.80. The van der Waals surface area contributed by atoms with Crippen LogP contribution in [0.3, 0.4) is 0 Å². The summed E-state index contributed by atoms with van der Waals surface area (Å²) in [7, 11) is 0. The van der Waals surface area contributed by atoms with Crippen molar-refractivity contribution in [2.75, 3.05) is 6.61 Å². The molecule has 0 saturated heterocycles. The van der Waals surface area contributed by atoms with Crippen LogP contribution in [0.2, 0.25) is 0 Å². The zero-order valence-corrected chi connectivity index (χ0v) is 11.8. The number of amides is 1. The smallest absolute Gasteiger partial charge is 0.258 e. The minimum atomic E-state index is -0.111. The fourth-order valence-corrected chi connectivity index (χ4v) is 2.31. The van der Waals surface area contributed by atoms with E-state index in [2.05, 4.69) is 12.2 Å². The Kier molecular flexibility index (Phi) is 4.04. The molecule has 4 nitrogen and oxygen atoms in total. The summed E-state index contributed by atoms with van der Waals surface area (Å²) in [6.45, 7) is 2.03. The summed E-state index contributed by atoms with van der Waals surface area (Å²) in [5.41, 5.74) is 6.20. The molecule has 0 radical (unpaired) electrons. The van der Waals surface area contributed by atoms with Crippen molar-refractivity contribution in [1.29, 1.82) is 0 Å². The van der Waals surface area contributed by atoms with Crippen LogP contribution in [0.15, 0.2) is 24.3 Å². The Bertz CT molecular complexity index is 498. The standard InChI is InChI=1S/C14H18N2O2S/c1-14(7-4-8-14)16-12(17)9-18-11-6-3-2-5-10(11)13(15)19/h2-3,5-6H,4,7-9H2,1H3,(H2,15,19)(H,16,17). The van der Waals surface area contributed by atoms with E-state index in [9.17, 15) is 4.79 Å². The lowest BCUT2D eigenvalue weighted by Gasteiger charge is -2.39. The van der Waals surface area contributed by atoms with Gasteiger partial charge in [0, 0.05) is 5.54 Å². The molecule has 0 aliphatic heterocycles. The lowest BCUT2D eigenvalue weighted by Crippen LogP contribution is -2.52. The van der Waals surface area contributed by atoms with E-state index in [0.29, 0.717) is 11.3 Å². The Hall–Kier alpha value is -1.62. The monoisotopic (exact) mass is 278 g/mol. The second kappa shape index (κ2) is 5.57. The molecule has 1 aromatic rings. The van der Waals surface area contributed by atoms with E-state index in [1.54, 1.807) is 12.1 Å². The summed E-state index contributed by atoms with van der Waals surface area (Å²) in [5.74, 6) is 0.434. The summed E-state index contributed by atoms with van der Waals surface area (Å²) in [4.78, 5) is 12.1. The third kappa shape index (κ3) is 3.44. The molecule has 1 aromatic carbocycles. The maximum atomic E-state index is 11.8. The molecule has 5 heteroatoms. The Morgan fingerprint density at radius 2 is 2.16 bits per heavy atom. The van der Waals surface area contributed by atoms with Crippen LogP contribution in [-0.2, 0) is 4.79 Å². The van der Waals surface area contributed by atoms with Gasteiger partial charge in [0.25, 0.3) is 5.91 Å². The predicted octanol–water partition coefficient (Wildman–Crippen LogP) is 1.76. The van der Waals surface area contributed by atoms with Crippen LogP contribution in [0.25, 0.3) is 0 Å². The summed E-state index contributed by atoms with van der Waals surface area (Å²) in [6, 6.07) is 7.19. The lowest BCUT2D eigenvalue weighted by molar-refractivity contribution is -0.125. The number of carbonyl (C=O) groups is 1. The van der Waals surface area contributed by atoms with Crippen LogP contribution in [0.5, 0.6) is 5.75 Å². The highest BCUT2D eigenvalue weighted by Gasteiger charge is 2.33. The second-order valence-corrected chi connectivity index (χ2v) is 5.55. The van der Waals surface area contributed by atoms with Gasteiger partial charge in [-0.2, -0.15) is 0 Å². The second-order valence-electron chi connectivity index (χ2n) is 5.11. The van der Waals surface area contributed by atoms with E-state index in [-0.39, 0.29) is 23.0 Å². The van der Waals surface area contributed by atoms with E-state index in [1.165, 1.54) is 6.42 Å². The minimum absolute atomic E-state index is 0.0186. The quantitative estimate of drug-likeness (QED) is 0.806. The van der Waals surface area contributed by atoms with Gasteiger partial charge in [-0.25, -0.2) is 0 Å². The number of nitrogens with one attached hydrogen (secondary N) is 1. The van der Waals surface area contributed by atoms with Crippen LogP contribution < -0.4 is 15.8 Å². The van der Waals surface area contributed by atoms with Crippen LogP contribution in [0.1, 0.15) is 31.7 Å². The van der Waals surface area contributed by atoms with E-state index in [1.807, 2.05) is 12.1 Å². The Morgan fingerprint density at radius 3 is 2.74 bits per heavy atom. The number of thiocarbonyl (C=S) groups is 1. The molecule has 0 spiro atoms. The van der Waals surface area contributed by atoms with Crippen molar-refractivity contribution >= 4 is 23.1 Å². The first-order valence-corrected chi connectivity index (χ1v) is 6.74. The van der Waals surface area contributed by atoms with Crippen LogP contribution in [0.4, 0.5) is 0 Å². The lowest BCUT2D eigenvalue weighted by atomic mass is 9.78. The SMILES string of the molecule is CC1(NC(=O)COc2ccccc2C(N)=S)CCC1. The van der Waals surface area contributed by atoms with E-state index in [0.717, 1.165) is 12.8 Å². The number of hydrogen-bond donors (Lipinski definition) is 2. The molecule has 19 heavy (non-hydrogen) atoms. The molecule has 0 atom stereocenters. The molecule has 1 aliphatic carbocycles. The van der Waals surface area contributed by atoms with Crippen molar-refractivity contribution in [1.82, 2.24) is 5.32 Å². The van der Waals surface area contributed by atoms with Crippen molar-refractivity contribution in [3.63, 3.8) is 0 Å². The van der Waals surface area contributed by atoms with E-state index in [4.69, 9.17) is 22.7 Å². The van der Waals surface area contributed by atoms with Gasteiger partial charge in [-0.05, 0) is 38.3 Å². The van der Waals surface area contributed by atoms with E-state index < -0.39 is 0 Å². The first-order chi connectivity index (χ1) is 9.00. The molecule has 0 unspecified atom stereocenters. The topological polar surface area (TPSA) is 64.3 Å². The average molecular weight is 278 g/mol. The van der Waals surface area contributed by atoms with Crippen molar-refractivity contribution in [2.24, 2.45) is 5.73 Å². The molecule has 102 valence electrons. The van der Waals surface area contributed by atoms with Gasteiger partial charge in [-0.1, -0.05) is 24.4 Å². The van der Waals surface area contributed by atoms with Crippen LogP contribution >= 0.6 is 12.2 Å². The first-order valence-electron chi connectivity index (χ1n) is 6.33. The maximum absolute atomic E-state index is 11.8. The number of rotatable bonds is 5. The van der Waals surface area contributed by atoms with E-state index >= 15 is 0 Å². The highest BCUT2D eigenvalue weighted by atomic mass is 32.1. The minimum Gasteiger partial charge on any atom is -0.483 e. The molecule has 0 aromatic heterocycles. The van der Waals surface area contributed by atoms with Gasteiger partial charge in [0.15, 0.2) is 6.61 Å². The van der Waals surface area contributed by atoms with Gasteiger partial charge in [0.05, 0.1) is 5.56 Å². The Labute approximate surface area is 118 Å².